The van der Waals surface area contributed by atoms with Gasteiger partial charge >= 0.3 is 5.97 Å². The molecule has 1 amide bonds. The number of hydrogen-bond donors (Lipinski definition) is 0. The minimum absolute atomic E-state index is 0.201. The van der Waals surface area contributed by atoms with Crippen LogP contribution in [0.5, 0.6) is 0 Å². The zero-order valence-electron chi connectivity index (χ0n) is 15.3. The Labute approximate surface area is 143 Å². The molecule has 1 rings (SSSR count). The van der Waals surface area contributed by atoms with Crippen LogP contribution >= 0.6 is 0 Å². The lowest BCUT2D eigenvalue weighted by molar-refractivity contribution is -0.129. The third-order valence-corrected chi connectivity index (χ3v) is 4.22. The van der Waals surface area contributed by atoms with Gasteiger partial charge in [0.15, 0.2) is 5.78 Å². The van der Waals surface area contributed by atoms with Crippen LogP contribution < -0.4 is 0 Å². The summed E-state index contributed by atoms with van der Waals surface area (Å²) >= 11 is 0. The van der Waals surface area contributed by atoms with Crippen molar-refractivity contribution in [3.8, 4) is 0 Å². The van der Waals surface area contributed by atoms with Crippen LogP contribution in [0.15, 0.2) is 12.7 Å². The van der Waals surface area contributed by atoms with Gasteiger partial charge in [0.1, 0.15) is 5.69 Å². The van der Waals surface area contributed by atoms with Gasteiger partial charge in [0, 0.05) is 31.8 Å². The second kappa shape index (κ2) is 7.95. The molecule has 1 heterocycles. The van der Waals surface area contributed by atoms with Crippen molar-refractivity contribution >= 4 is 17.7 Å². The summed E-state index contributed by atoms with van der Waals surface area (Å²) in [6.45, 7) is 12.5. The Hall–Kier alpha value is -2.37. The number of carbonyl (C=O) groups excluding carboxylic acids is 3. The van der Waals surface area contributed by atoms with Gasteiger partial charge in [-0.1, -0.05) is 6.08 Å². The highest BCUT2D eigenvalue weighted by Gasteiger charge is 2.31. The van der Waals surface area contributed by atoms with Gasteiger partial charge in [-0.25, -0.2) is 4.79 Å². The van der Waals surface area contributed by atoms with E-state index in [2.05, 4.69) is 6.58 Å². The molecule has 0 aliphatic carbocycles. The number of esters is 1. The van der Waals surface area contributed by atoms with Gasteiger partial charge in [0.25, 0.3) is 0 Å². The molecule has 6 heteroatoms. The first-order valence-electron chi connectivity index (χ1n) is 7.94. The van der Waals surface area contributed by atoms with Crippen molar-refractivity contribution in [1.29, 1.82) is 0 Å². The lowest BCUT2D eigenvalue weighted by Gasteiger charge is -2.26. The Morgan fingerprint density at radius 1 is 1.33 bits per heavy atom. The van der Waals surface area contributed by atoms with Crippen LogP contribution in [0.1, 0.15) is 52.9 Å². The van der Waals surface area contributed by atoms with Gasteiger partial charge in [-0.15, -0.1) is 6.58 Å². The van der Waals surface area contributed by atoms with Gasteiger partial charge in [-0.2, -0.15) is 0 Å². The maximum atomic E-state index is 13.0. The van der Waals surface area contributed by atoms with Crippen molar-refractivity contribution in [2.75, 3.05) is 13.2 Å². The molecule has 1 aromatic rings. The van der Waals surface area contributed by atoms with E-state index in [4.69, 9.17) is 4.74 Å². The Balaban J connectivity index is 3.33. The number of amides is 1. The van der Waals surface area contributed by atoms with Gasteiger partial charge in [0.05, 0.1) is 12.6 Å². The summed E-state index contributed by atoms with van der Waals surface area (Å²) in [5.41, 5.74) is 2.08. The molecule has 0 aromatic carbocycles. The van der Waals surface area contributed by atoms with E-state index in [1.54, 1.807) is 45.4 Å². The zero-order chi connectivity index (χ0) is 18.6. The number of ether oxygens (including phenoxy) is 1. The van der Waals surface area contributed by atoms with Crippen molar-refractivity contribution in [2.45, 2.75) is 40.7 Å². The molecule has 0 radical (unpaired) electrons. The number of ketones is 1. The van der Waals surface area contributed by atoms with Gasteiger partial charge in [0.2, 0.25) is 5.91 Å². The molecule has 0 bridgehead atoms. The molecule has 6 nitrogen and oxygen atoms in total. The summed E-state index contributed by atoms with van der Waals surface area (Å²) in [5, 5.41) is 0. The van der Waals surface area contributed by atoms with Gasteiger partial charge in [-0.3, -0.25) is 9.59 Å². The first kappa shape index (κ1) is 19.7. The van der Waals surface area contributed by atoms with Crippen LogP contribution in [0.2, 0.25) is 0 Å². The first-order valence-corrected chi connectivity index (χ1v) is 7.94. The maximum absolute atomic E-state index is 13.0. The second-order valence-corrected chi connectivity index (χ2v) is 5.71. The summed E-state index contributed by atoms with van der Waals surface area (Å²) in [6.07, 6.45) is 1.58. The summed E-state index contributed by atoms with van der Waals surface area (Å²) < 4.78 is 6.74. The molecule has 0 spiro atoms. The number of hydrogen-bond acceptors (Lipinski definition) is 4. The number of nitrogens with zero attached hydrogens (tertiary/aromatic N) is 2. The second-order valence-electron chi connectivity index (χ2n) is 5.71. The van der Waals surface area contributed by atoms with E-state index in [1.807, 2.05) is 0 Å². The number of Topliss-reactive ketones (excluding diaryl/α,β-unsaturated/α-hetero) is 1. The smallest absolute Gasteiger partial charge is 0.355 e. The normalized spacial score (nSPS) is 11.8. The van der Waals surface area contributed by atoms with E-state index >= 15 is 0 Å². The third kappa shape index (κ3) is 3.58. The van der Waals surface area contributed by atoms with Crippen molar-refractivity contribution in [2.24, 2.45) is 7.05 Å². The fourth-order valence-electron chi connectivity index (χ4n) is 2.88. The standard InChI is InChI=1S/C18H26N2O4/c1-8-10-20(14(6)21)13(5)17(22)15-11(3)16(18(23)24-9-2)19(7)12(15)4/h8,13H,1,9-10H2,2-7H3. The first-order chi connectivity index (χ1) is 11.2. The average molecular weight is 334 g/mol. The summed E-state index contributed by atoms with van der Waals surface area (Å²) in [5.74, 6) is -0.859. The molecule has 0 fully saturated rings. The molecule has 0 aliphatic heterocycles. The third-order valence-electron chi connectivity index (χ3n) is 4.22. The SMILES string of the molecule is C=CCN(C(C)=O)C(C)C(=O)c1c(C)c(C(=O)OCC)n(C)c1C. The Morgan fingerprint density at radius 3 is 2.38 bits per heavy atom. The molecule has 24 heavy (non-hydrogen) atoms. The molecule has 0 N–H and O–H groups in total. The molecule has 1 atom stereocenters. The highest BCUT2D eigenvalue weighted by molar-refractivity contribution is 6.06. The van der Waals surface area contributed by atoms with E-state index in [9.17, 15) is 14.4 Å². The number of carbonyl (C=O) groups is 3. The Bertz CT molecular complexity index is 673. The lowest BCUT2D eigenvalue weighted by Crippen LogP contribution is -2.42. The van der Waals surface area contributed by atoms with Crippen molar-refractivity contribution in [3.05, 3.63) is 35.2 Å². The van der Waals surface area contributed by atoms with Crippen LogP contribution in [0.25, 0.3) is 0 Å². The van der Waals surface area contributed by atoms with E-state index in [-0.39, 0.29) is 24.8 Å². The summed E-state index contributed by atoms with van der Waals surface area (Å²) in [4.78, 5) is 38.4. The Kier molecular flexibility index (Phi) is 6.51. The minimum Gasteiger partial charge on any atom is -0.461 e. The van der Waals surface area contributed by atoms with Crippen LogP contribution in [-0.2, 0) is 16.6 Å². The monoisotopic (exact) mass is 334 g/mol. The van der Waals surface area contributed by atoms with Crippen LogP contribution in [0.4, 0.5) is 0 Å². The summed E-state index contributed by atoms with van der Waals surface area (Å²) in [7, 11) is 1.72. The van der Waals surface area contributed by atoms with E-state index < -0.39 is 12.0 Å². The quantitative estimate of drug-likeness (QED) is 0.436. The molecule has 1 unspecified atom stereocenters. The topological polar surface area (TPSA) is 68.6 Å². The maximum Gasteiger partial charge on any atom is 0.355 e. The predicted molar refractivity (Wildman–Crippen MR) is 92.2 cm³/mol. The zero-order valence-corrected chi connectivity index (χ0v) is 15.3. The van der Waals surface area contributed by atoms with E-state index in [0.717, 1.165) is 0 Å². The van der Waals surface area contributed by atoms with Crippen LogP contribution in [-0.4, -0.2) is 46.3 Å². The lowest BCUT2D eigenvalue weighted by atomic mass is 10.00. The molecule has 0 saturated heterocycles. The average Bonchev–Trinajstić information content (AvgIpc) is 2.73. The van der Waals surface area contributed by atoms with Crippen LogP contribution in [0, 0.1) is 13.8 Å². The predicted octanol–water partition coefficient (Wildman–Crippen LogP) is 2.42. The van der Waals surface area contributed by atoms with Gasteiger partial charge in [-0.05, 0) is 33.3 Å². The highest BCUT2D eigenvalue weighted by atomic mass is 16.5. The van der Waals surface area contributed by atoms with Gasteiger partial charge < -0.3 is 14.2 Å². The number of aromatic nitrogens is 1. The number of rotatable bonds is 7. The molecule has 132 valence electrons. The molecule has 0 saturated carbocycles. The fourth-order valence-corrected chi connectivity index (χ4v) is 2.88. The minimum atomic E-state index is -0.643. The summed E-state index contributed by atoms with van der Waals surface area (Å²) in [6, 6.07) is -0.643. The van der Waals surface area contributed by atoms with E-state index in [1.165, 1.54) is 11.8 Å². The molecule has 0 aliphatic rings. The van der Waals surface area contributed by atoms with Crippen molar-refractivity contribution in [1.82, 2.24) is 9.47 Å². The highest BCUT2D eigenvalue weighted by Crippen LogP contribution is 2.24. The van der Waals surface area contributed by atoms with Crippen LogP contribution in [0.3, 0.4) is 0 Å². The van der Waals surface area contributed by atoms with Crippen molar-refractivity contribution < 1.29 is 19.1 Å². The van der Waals surface area contributed by atoms with Crippen molar-refractivity contribution in [3.63, 3.8) is 0 Å². The molecular formula is C18H26N2O4. The fraction of sp³-hybridized carbons (Fsp3) is 0.500. The molecular weight excluding hydrogens is 308 g/mol. The largest absolute Gasteiger partial charge is 0.461 e. The molecule has 1 aromatic heterocycles. The Morgan fingerprint density at radius 2 is 1.92 bits per heavy atom. The van der Waals surface area contributed by atoms with E-state index in [0.29, 0.717) is 22.5 Å².